The van der Waals surface area contributed by atoms with Crippen LogP contribution in [0.3, 0.4) is 0 Å². The van der Waals surface area contributed by atoms with E-state index in [0.717, 1.165) is 32.6 Å². The van der Waals surface area contributed by atoms with Crippen LogP contribution in [0.5, 0.6) is 5.75 Å². The lowest BCUT2D eigenvalue weighted by atomic mass is 10.1. The first-order chi connectivity index (χ1) is 14.2. The first-order valence-electron chi connectivity index (χ1n) is 10.1. The number of piperazine rings is 1. The molecule has 2 atom stereocenters. The van der Waals surface area contributed by atoms with Crippen LogP contribution < -0.4 is 4.74 Å². The Morgan fingerprint density at radius 3 is 2.62 bits per heavy atom. The van der Waals surface area contributed by atoms with E-state index in [-0.39, 0.29) is 0 Å². The molecule has 0 radical (unpaired) electrons. The fraction of sp³-hybridized carbons (Fsp3) is 0.500. The van der Waals surface area contributed by atoms with Crippen LogP contribution in [-0.2, 0) is 6.42 Å². The van der Waals surface area contributed by atoms with Crippen LogP contribution in [0.15, 0.2) is 23.7 Å². The molecule has 1 aromatic carbocycles. The Morgan fingerprint density at radius 2 is 1.97 bits per heavy atom. The molecule has 2 fully saturated rings. The molecule has 29 heavy (non-hydrogen) atoms. The number of benzene rings is 1. The van der Waals surface area contributed by atoms with Crippen LogP contribution in [0.4, 0.5) is 0 Å². The summed E-state index contributed by atoms with van der Waals surface area (Å²) in [5.41, 5.74) is 4.03. The number of thiazole rings is 1. The summed E-state index contributed by atoms with van der Waals surface area (Å²) in [5.74, 6) is 0.567. The molecule has 2 aliphatic rings. The van der Waals surface area contributed by atoms with E-state index in [1.807, 2.05) is 5.51 Å². The van der Waals surface area contributed by atoms with E-state index in [2.05, 4.69) is 33.8 Å². The van der Waals surface area contributed by atoms with E-state index in [4.69, 9.17) is 10.00 Å². The molecule has 2 saturated heterocycles. The number of fused-ring (bicyclic) bond motifs is 2. The lowest BCUT2D eigenvalue weighted by Crippen LogP contribution is -2.54. The number of aromatic nitrogens is 1. The Kier molecular flexibility index (Phi) is 6.10. The van der Waals surface area contributed by atoms with Crippen molar-refractivity contribution in [3.63, 3.8) is 0 Å². The van der Waals surface area contributed by atoms with E-state index in [9.17, 15) is 5.26 Å². The predicted octanol–water partition coefficient (Wildman–Crippen LogP) is 2.96. The molecule has 1 aromatic heterocycles. The number of nitriles is 2. The summed E-state index contributed by atoms with van der Waals surface area (Å²) in [4.78, 5) is 11.0. The Balaban J connectivity index is 1.28. The molecule has 2 aromatic rings. The third kappa shape index (κ3) is 4.43. The van der Waals surface area contributed by atoms with Crippen LogP contribution >= 0.6 is 11.3 Å². The fourth-order valence-electron chi connectivity index (χ4n) is 4.52. The van der Waals surface area contributed by atoms with Crippen molar-refractivity contribution < 1.29 is 4.74 Å². The van der Waals surface area contributed by atoms with Crippen molar-refractivity contribution in [2.75, 3.05) is 32.8 Å². The van der Waals surface area contributed by atoms with Crippen LogP contribution in [0, 0.1) is 29.6 Å². The van der Waals surface area contributed by atoms with Gasteiger partial charge in [0.2, 0.25) is 0 Å². The van der Waals surface area contributed by atoms with Crippen molar-refractivity contribution in [2.24, 2.45) is 0 Å². The summed E-state index contributed by atoms with van der Waals surface area (Å²) >= 11 is 1.76. The highest BCUT2D eigenvalue weighted by Gasteiger charge is 2.39. The van der Waals surface area contributed by atoms with Gasteiger partial charge in [0.15, 0.2) is 0 Å². The summed E-state index contributed by atoms with van der Waals surface area (Å²) in [6, 6.07) is 10.4. The van der Waals surface area contributed by atoms with Gasteiger partial charge >= 0.3 is 0 Å². The van der Waals surface area contributed by atoms with Gasteiger partial charge in [-0.15, -0.1) is 11.3 Å². The number of likely N-dealkylation sites (tertiary alicyclic amines) is 1. The highest BCUT2D eigenvalue weighted by atomic mass is 32.1. The summed E-state index contributed by atoms with van der Waals surface area (Å²) in [5, 5.41) is 18.3. The topological polar surface area (TPSA) is 76.2 Å². The second-order valence-electron chi connectivity index (χ2n) is 7.78. The van der Waals surface area contributed by atoms with Crippen LogP contribution in [0.1, 0.15) is 34.5 Å². The SMILES string of the molecule is Cc1ncsc1CCN1CC2CCC(C1)N2CCOc1ccc(C#N)cc1C#N. The van der Waals surface area contributed by atoms with Gasteiger partial charge in [-0.1, -0.05) is 0 Å². The van der Waals surface area contributed by atoms with E-state index in [0.29, 0.717) is 35.6 Å². The Hall–Kier alpha value is -2.45. The van der Waals surface area contributed by atoms with Gasteiger partial charge in [-0.3, -0.25) is 9.80 Å². The third-order valence-corrected chi connectivity index (χ3v) is 7.04. The van der Waals surface area contributed by atoms with Gasteiger partial charge in [0.05, 0.1) is 28.4 Å². The smallest absolute Gasteiger partial charge is 0.137 e. The molecule has 150 valence electrons. The molecule has 4 rings (SSSR count). The van der Waals surface area contributed by atoms with Crippen LogP contribution in [0.2, 0.25) is 0 Å². The van der Waals surface area contributed by atoms with Crippen molar-refractivity contribution in [1.82, 2.24) is 14.8 Å². The van der Waals surface area contributed by atoms with E-state index >= 15 is 0 Å². The lowest BCUT2D eigenvalue weighted by molar-refractivity contribution is 0.0568. The molecule has 3 heterocycles. The molecular weight excluding hydrogens is 382 g/mol. The minimum absolute atomic E-state index is 0.426. The summed E-state index contributed by atoms with van der Waals surface area (Å²) in [6.45, 7) is 6.88. The molecule has 2 unspecified atom stereocenters. The van der Waals surface area contributed by atoms with Crippen molar-refractivity contribution in [1.29, 1.82) is 10.5 Å². The standard InChI is InChI=1S/C22H25N5OS/c1-16-22(29-15-25-16)6-7-26-13-19-3-4-20(14-26)27(19)8-9-28-21-5-2-17(11-23)10-18(21)12-24/h2,5,10,15,19-20H,3-4,6-9,13-14H2,1H3. The number of aryl methyl sites for hydroxylation is 1. The number of hydrogen-bond donors (Lipinski definition) is 0. The quantitative estimate of drug-likeness (QED) is 0.702. The summed E-state index contributed by atoms with van der Waals surface area (Å²) < 4.78 is 5.90. The van der Waals surface area contributed by atoms with Crippen molar-refractivity contribution in [3.8, 4) is 17.9 Å². The number of hydrogen-bond acceptors (Lipinski definition) is 7. The van der Waals surface area contributed by atoms with Gasteiger partial charge in [-0.25, -0.2) is 4.98 Å². The first kappa shape index (κ1) is 19.8. The van der Waals surface area contributed by atoms with Crippen molar-refractivity contribution in [2.45, 2.75) is 38.3 Å². The monoisotopic (exact) mass is 407 g/mol. The predicted molar refractivity (Wildman–Crippen MR) is 112 cm³/mol. The van der Waals surface area contributed by atoms with E-state index in [1.165, 1.54) is 23.4 Å². The van der Waals surface area contributed by atoms with Gasteiger partial charge < -0.3 is 4.74 Å². The Labute approximate surface area is 175 Å². The minimum Gasteiger partial charge on any atom is -0.491 e. The van der Waals surface area contributed by atoms with Gasteiger partial charge in [0.1, 0.15) is 18.4 Å². The maximum absolute atomic E-state index is 9.29. The molecule has 0 spiro atoms. The third-order valence-electron chi connectivity index (χ3n) is 6.05. The molecule has 7 heteroatoms. The zero-order valence-corrected chi connectivity index (χ0v) is 17.5. The van der Waals surface area contributed by atoms with E-state index < -0.39 is 0 Å². The van der Waals surface area contributed by atoms with Gasteiger partial charge in [0.25, 0.3) is 0 Å². The minimum atomic E-state index is 0.426. The molecule has 0 amide bonds. The van der Waals surface area contributed by atoms with E-state index in [1.54, 1.807) is 29.5 Å². The number of rotatable bonds is 7. The molecule has 0 N–H and O–H groups in total. The molecule has 2 bridgehead atoms. The van der Waals surface area contributed by atoms with Crippen LogP contribution in [-0.4, -0.2) is 59.7 Å². The van der Waals surface area contributed by atoms with Gasteiger partial charge in [-0.2, -0.15) is 10.5 Å². The Morgan fingerprint density at radius 1 is 1.17 bits per heavy atom. The summed E-state index contributed by atoms with van der Waals surface area (Å²) in [7, 11) is 0. The normalized spacial score (nSPS) is 21.6. The van der Waals surface area contributed by atoms with Gasteiger partial charge in [0, 0.05) is 43.1 Å². The second kappa shape index (κ2) is 8.92. The zero-order chi connectivity index (χ0) is 20.2. The Bertz CT molecular complexity index is 929. The number of nitrogens with zero attached hydrogens (tertiary/aromatic N) is 5. The summed E-state index contributed by atoms with van der Waals surface area (Å²) in [6.07, 6.45) is 3.59. The molecule has 6 nitrogen and oxygen atoms in total. The van der Waals surface area contributed by atoms with Crippen molar-refractivity contribution >= 4 is 11.3 Å². The fourth-order valence-corrected chi connectivity index (χ4v) is 5.30. The van der Waals surface area contributed by atoms with Crippen LogP contribution in [0.25, 0.3) is 0 Å². The largest absolute Gasteiger partial charge is 0.491 e. The average molecular weight is 408 g/mol. The molecule has 0 saturated carbocycles. The zero-order valence-electron chi connectivity index (χ0n) is 16.7. The first-order valence-corrected chi connectivity index (χ1v) is 11.0. The lowest BCUT2D eigenvalue weighted by Gasteiger charge is -2.41. The van der Waals surface area contributed by atoms with Gasteiger partial charge in [-0.05, 0) is 44.4 Å². The molecule has 0 aliphatic carbocycles. The molecule has 2 aliphatic heterocycles. The van der Waals surface area contributed by atoms with Crippen molar-refractivity contribution in [3.05, 3.63) is 45.4 Å². The second-order valence-corrected chi connectivity index (χ2v) is 8.72. The average Bonchev–Trinajstić information content (AvgIpc) is 3.25. The highest BCUT2D eigenvalue weighted by molar-refractivity contribution is 7.09. The number of ether oxygens (including phenoxy) is 1. The maximum atomic E-state index is 9.29. The highest BCUT2D eigenvalue weighted by Crippen LogP contribution is 2.30. The maximum Gasteiger partial charge on any atom is 0.137 e. The molecular formula is C22H25N5OS.